The van der Waals surface area contributed by atoms with Crippen molar-refractivity contribution in [1.29, 1.82) is 0 Å². The van der Waals surface area contributed by atoms with E-state index in [9.17, 15) is 0 Å². The van der Waals surface area contributed by atoms with Gasteiger partial charge in [0.05, 0.1) is 0 Å². The van der Waals surface area contributed by atoms with E-state index < -0.39 is 0 Å². The number of halogens is 1. The first-order valence-electron chi connectivity index (χ1n) is 4.73. The van der Waals surface area contributed by atoms with Crippen molar-refractivity contribution in [2.24, 2.45) is 0 Å². The van der Waals surface area contributed by atoms with Gasteiger partial charge in [0.15, 0.2) is 0 Å². The molecule has 0 N–H and O–H groups in total. The van der Waals surface area contributed by atoms with Crippen molar-refractivity contribution in [2.45, 2.75) is 6.42 Å². The molecule has 0 fully saturated rings. The summed E-state index contributed by atoms with van der Waals surface area (Å²) in [5, 5.41) is 2.69. The Bertz CT molecular complexity index is 538. The molecule has 3 rings (SSSR count). The Hall–Kier alpha value is -1.08. The fourth-order valence-corrected chi connectivity index (χ4v) is 2.68. The largest absolute Gasteiger partial charge is 0.0795 e. The molecule has 68 valence electrons. The summed E-state index contributed by atoms with van der Waals surface area (Å²) in [6.07, 6.45) is 5.50. The Morgan fingerprint density at radius 2 is 1.86 bits per heavy atom. The molecule has 0 nitrogen and oxygen atoms in total. The van der Waals surface area contributed by atoms with Gasteiger partial charge < -0.3 is 0 Å². The quantitative estimate of drug-likeness (QED) is 0.653. The molecule has 0 unspecified atom stereocenters. The second kappa shape index (κ2) is 2.96. The summed E-state index contributed by atoms with van der Waals surface area (Å²) in [5.41, 5.74) is 2.82. The lowest BCUT2D eigenvalue weighted by Crippen LogP contribution is -1.85. The van der Waals surface area contributed by atoms with E-state index in [2.05, 4.69) is 58.4 Å². The van der Waals surface area contributed by atoms with Crippen LogP contribution in [0.2, 0.25) is 0 Å². The van der Waals surface area contributed by atoms with Crippen molar-refractivity contribution < 1.29 is 0 Å². The summed E-state index contributed by atoms with van der Waals surface area (Å²) < 4.78 is 1.19. The van der Waals surface area contributed by atoms with Crippen LogP contribution in [-0.2, 0) is 6.42 Å². The van der Waals surface area contributed by atoms with Crippen LogP contribution in [-0.4, -0.2) is 0 Å². The standard InChI is InChI=1S/C13H9Br/c14-13-8-9-4-3-7-10(9)11-5-1-2-6-12(11)13/h1-6,8H,7H2. The zero-order chi connectivity index (χ0) is 9.54. The number of hydrogen-bond acceptors (Lipinski definition) is 0. The molecule has 0 atom stereocenters. The molecular weight excluding hydrogens is 236 g/mol. The average Bonchev–Trinajstić information content (AvgIpc) is 2.66. The third kappa shape index (κ3) is 1.05. The zero-order valence-electron chi connectivity index (χ0n) is 7.63. The second-order valence-electron chi connectivity index (χ2n) is 3.58. The molecule has 1 aliphatic rings. The first kappa shape index (κ1) is 8.25. The van der Waals surface area contributed by atoms with E-state index in [0.717, 1.165) is 6.42 Å². The smallest absolute Gasteiger partial charge is 0.0259 e. The van der Waals surface area contributed by atoms with Crippen LogP contribution >= 0.6 is 15.9 Å². The van der Waals surface area contributed by atoms with Crippen molar-refractivity contribution in [3.63, 3.8) is 0 Å². The molecule has 14 heavy (non-hydrogen) atoms. The van der Waals surface area contributed by atoms with E-state index in [4.69, 9.17) is 0 Å². The minimum absolute atomic E-state index is 1.07. The fraction of sp³-hybridized carbons (Fsp3) is 0.0769. The van der Waals surface area contributed by atoms with Gasteiger partial charge in [0, 0.05) is 4.47 Å². The Morgan fingerprint density at radius 3 is 2.71 bits per heavy atom. The van der Waals surface area contributed by atoms with E-state index >= 15 is 0 Å². The van der Waals surface area contributed by atoms with Crippen molar-refractivity contribution in [2.75, 3.05) is 0 Å². The average molecular weight is 245 g/mol. The van der Waals surface area contributed by atoms with Gasteiger partial charge in [-0.05, 0) is 34.4 Å². The molecule has 0 bridgehead atoms. The van der Waals surface area contributed by atoms with Crippen molar-refractivity contribution in [1.82, 2.24) is 0 Å². The molecule has 0 amide bonds. The summed E-state index contributed by atoms with van der Waals surface area (Å²) in [7, 11) is 0. The monoisotopic (exact) mass is 244 g/mol. The predicted molar refractivity (Wildman–Crippen MR) is 64.4 cm³/mol. The molecule has 1 heteroatoms. The van der Waals surface area contributed by atoms with Crippen LogP contribution < -0.4 is 0 Å². The van der Waals surface area contributed by atoms with Crippen LogP contribution in [0, 0.1) is 0 Å². The number of rotatable bonds is 0. The fourth-order valence-electron chi connectivity index (χ4n) is 2.09. The van der Waals surface area contributed by atoms with Gasteiger partial charge in [-0.3, -0.25) is 0 Å². The summed E-state index contributed by atoms with van der Waals surface area (Å²) in [6, 6.07) is 10.8. The summed E-state index contributed by atoms with van der Waals surface area (Å²) in [4.78, 5) is 0. The molecule has 0 saturated heterocycles. The first-order chi connectivity index (χ1) is 6.86. The van der Waals surface area contributed by atoms with Crippen molar-refractivity contribution in [3.05, 3.63) is 52.0 Å². The third-order valence-electron chi connectivity index (χ3n) is 2.76. The molecule has 0 aliphatic heterocycles. The molecule has 2 aromatic rings. The maximum absolute atomic E-state index is 3.62. The maximum Gasteiger partial charge on any atom is 0.0259 e. The SMILES string of the molecule is Brc1cc2c(c3ccccc13)CC=C2. The molecular formula is C13H9Br. The van der Waals surface area contributed by atoms with E-state index in [0.29, 0.717) is 0 Å². The summed E-state index contributed by atoms with van der Waals surface area (Å²) in [5.74, 6) is 0. The normalized spacial score (nSPS) is 13.5. The van der Waals surface area contributed by atoms with Gasteiger partial charge in [0.25, 0.3) is 0 Å². The first-order valence-corrected chi connectivity index (χ1v) is 5.52. The third-order valence-corrected chi connectivity index (χ3v) is 3.42. The van der Waals surface area contributed by atoms with Crippen molar-refractivity contribution >= 4 is 32.8 Å². The van der Waals surface area contributed by atoms with Crippen LogP contribution in [0.4, 0.5) is 0 Å². The molecule has 0 radical (unpaired) electrons. The molecule has 0 heterocycles. The lowest BCUT2D eigenvalue weighted by Gasteiger charge is -2.07. The Balaban J connectivity index is 2.50. The van der Waals surface area contributed by atoms with Crippen LogP contribution in [0.1, 0.15) is 11.1 Å². The van der Waals surface area contributed by atoms with Gasteiger partial charge in [-0.2, -0.15) is 0 Å². The summed E-state index contributed by atoms with van der Waals surface area (Å²) >= 11 is 3.62. The van der Waals surface area contributed by atoms with Crippen molar-refractivity contribution in [3.8, 4) is 0 Å². The molecule has 0 saturated carbocycles. The van der Waals surface area contributed by atoms with Crippen LogP contribution in [0.15, 0.2) is 40.9 Å². The van der Waals surface area contributed by atoms with E-state index in [-0.39, 0.29) is 0 Å². The Labute approximate surface area is 91.4 Å². The van der Waals surface area contributed by atoms with Gasteiger partial charge in [-0.1, -0.05) is 52.3 Å². The van der Waals surface area contributed by atoms with Gasteiger partial charge in [-0.25, -0.2) is 0 Å². The van der Waals surface area contributed by atoms with Gasteiger partial charge >= 0.3 is 0 Å². The highest BCUT2D eigenvalue weighted by Crippen LogP contribution is 2.33. The van der Waals surface area contributed by atoms with Crippen LogP contribution in [0.25, 0.3) is 16.8 Å². The van der Waals surface area contributed by atoms with E-state index in [1.54, 1.807) is 0 Å². The van der Waals surface area contributed by atoms with E-state index in [1.807, 2.05) is 0 Å². The lowest BCUT2D eigenvalue weighted by molar-refractivity contribution is 1.34. The Morgan fingerprint density at radius 1 is 1.07 bits per heavy atom. The zero-order valence-corrected chi connectivity index (χ0v) is 9.21. The van der Waals surface area contributed by atoms with Crippen LogP contribution in [0.5, 0.6) is 0 Å². The number of benzene rings is 2. The predicted octanol–water partition coefficient (Wildman–Crippen LogP) is 4.17. The highest BCUT2D eigenvalue weighted by atomic mass is 79.9. The van der Waals surface area contributed by atoms with Crippen LogP contribution in [0.3, 0.4) is 0 Å². The maximum atomic E-state index is 3.62. The van der Waals surface area contributed by atoms with Gasteiger partial charge in [0.1, 0.15) is 0 Å². The highest BCUT2D eigenvalue weighted by Gasteiger charge is 2.10. The summed E-state index contributed by atoms with van der Waals surface area (Å²) in [6.45, 7) is 0. The van der Waals surface area contributed by atoms with E-state index in [1.165, 1.54) is 26.4 Å². The highest BCUT2D eigenvalue weighted by molar-refractivity contribution is 9.10. The molecule has 0 spiro atoms. The minimum atomic E-state index is 1.07. The lowest BCUT2D eigenvalue weighted by atomic mass is 10.0. The number of hydrogen-bond donors (Lipinski definition) is 0. The molecule has 0 aromatic heterocycles. The number of fused-ring (bicyclic) bond motifs is 3. The number of allylic oxidation sites excluding steroid dienone is 1. The van der Waals surface area contributed by atoms with Gasteiger partial charge in [-0.15, -0.1) is 0 Å². The Kier molecular flexibility index (Phi) is 1.74. The topological polar surface area (TPSA) is 0 Å². The van der Waals surface area contributed by atoms with Gasteiger partial charge in [0.2, 0.25) is 0 Å². The molecule has 1 aliphatic carbocycles. The molecule has 2 aromatic carbocycles. The minimum Gasteiger partial charge on any atom is -0.0795 e. The second-order valence-corrected chi connectivity index (χ2v) is 4.43.